The van der Waals surface area contributed by atoms with E-state index in [0.717, 1.165) is 0 Å². The van der Waals surface area contributed by atoms with Crippen LogP contribution < -0.4 is 27.6 Å². The Morgan fingerprint density at radius 2 is 1.67 bits per heavy atom. The maximum Gasteiger partial charge on any atom is 0.267 e. The van der Waals surface area contributed by atoms with Gasteiger partial charge in [-0.05, 0) is 36.4 Å². The van der Waals surface area contributed by atoms with E-state index in [1.165, 1.54) is 5.48 Å². The van der Waals surface area contributed by atoms with Crippen LogP contribution in [0, 0.1) is 11.8 Å². The molecule has 3 amide bonds. The molecule has 9 nitrogen and oxygen atoms in total. The molecule has 0 spiro atoms. The van der Waals surface area contributed by atoms with Crippen LogP contribution in [0.3, 0.4) is 0 Å². The standard InChI is InChI=1S/C20H21N5O4.CH4/c21-11-17(20(28)25-29)24-19(27)15-9-6-13(7-10-15)5-8-14-3-1-2-4-16(14)23-18(26)12-22;/h1-4,6-7,9-10,17,29H,11-12,21-22H2,(H,23,26)(H,24,27)(H,25,28);1H4/t17-;/m0./s1. The summed E-state index contributed by atoms with van der Waals surface area (Å²) in [4.78, 5) is 35.1. The predicted octanol–water partition coefficient (Wildman–Crippen LogP) is 0.182. The number of carbonyl (C=O) groups excluding carboxylic acids is 3. The average molecular weight is 411 g/mol. The molecule has 0 radical (unpaired) electrons. The van der Waals surface area contributed by atoms with E-state index in [2.05, 4.69) is 22.5 Å². The number of anilines is 1. The molecule has 0 aromatic heterocycles. The monoisotopic (exact) mass is 411 g/mol. The van der Waals surface area contributed by atoms with Crippen LogP contribution in [-0.2, 0) is 9.59 Å². The number of benzene rings is 2. The molecule has 0 aliphatic rings. The summed E-state index contributed by atoms with van der Waals surface area (Å²) in [6, 6.07) is 12.4. The molecule has 9 heteroatoms. The fourth-order valence-corrected chi connectivity index (χ4v) is 2.30. The molecule has 0 aliphatic heterocycles. The lowest BCUT2D eigenvalue weighted by molar-refractivity contribution is -0.130. The van der Waals surface area contributed by atoms with E-state index < -0.39 is 17.9 Å². The summed E-state index contributed by atoms with van der Waals surface area (Å²) in [6.45, 7) is -0.294. The molecule has 0 saturated heterocycles. The second-order valence-electron chi connectivity index (χ2n) is 5.86. The minimum Gasteiger partial charge on any atom is -0.339 e. The van der Waals surface area contributed by atoms with Crippen molar-refractivity contribution in [2.24, 2.45) is 11.5 Å². The second-order valence-corrected chi connectivity index (χ2v) is 5.86. The number of rotatable bonds is 6. The normalized spacial score (nSPS) is 10.5. The third-order valence-corrected chi connectivity index (χ3v) is 3.84. The number of hydrogen-bond donors (Lipinski definition) is 6. The van der Waals surface area contributed by atoms with Crippen LogP contribution in [0.4, 0.5) is 5.69 Å². The lowest BCUT2D eigenvalue weighted by Gasteiger charge is -2.14. The lowest BCUT2D eigenvalue weighted by Crippen LogP contribution is -2.50. The summed E-state index contributed by atoms with van der Waals surface area (Å²) < 4.78 is 0. The molecular formula is C21H25N5O4. The Morgan fingerprint density at radius 3 is 2.27 bits per heavy atom. The van der Waals surface area contributed by atoms with E-state index >= 15 is 0 Å². The number of nitrogens with two attached hydrogens (primary N) is 2. The highest BCUT2D eigenvalue weighted by Gasteiger charge is 2.19. The van der Waals surface area contributed by atoms with Gasteiger partial charge in [0.15, 0.2) is 0 Å². The van der Waals surface area contributed by atoms with E-state index in [1.807, 2.05) is 0 Å². The van der Waals surface area contributed by atoms with Crippen LogP contribution in [0.15, 0.2) is 48.5 Å². The first-order valence-corrected chi connectivity index (χ1v) is 8.64. The Hall–Kier alpha value is -3.71. The van der Waals surface area contributed by atoms with Crippen LogP contribution in [0.2, 0.25) is 0 Å². The summed E-state index contributed by atoms with van der Waals surface area (Å²) in [5.41, 5.74) is 14.3. The quantitative estimate of drug-likeness (QED) is 0.226. The third-order valence-electron chi connectivity index (χ3n) is 3.84. The molecule has 0 unspecified atom stereocenters. The average Bonchev–Trinajstić information content (AvgIpc) is 2.76. The fourth-order valence-electron chi connectivity index (χ4n) is 2.30. The number of nitrogens with one attached hydrogen (secondary N) is 3. The van der Waals surface area contributed by atoms with Gasteiger partial charge in [0.2, 0.25) is 5.91 Å². The number of hydrogen-bond acceptors (Lipinski definition) is 6. The van der Waals surface area contributed by atoms with Gasteiger partial charge in [-0.1, -0.05) is 31.4 Å². The van der Waals surface area contributed by atoms with Gasteiger partial charge in [0.1, 0.15) is 6.04 Å². The van der Waals surface area contributed by atoms with Crippen molar-refractivity contribution in [3.63, 3.8) is 0 Å². The number of amides is 3. The minimum atomic E-state index is -1.05. The molecule has 2 aromatic carbocycles. The zero-order valence-electron chi connectivity index (χ0n) is 15.4. The van der Waals surface area contributed by atoms with Crippen LogP contribution in [0.1, 0.15) is 28.9 Å². The van der Waals surface area contributed by atoms with Crippen molar-refractivity contribution in [1.29, 1.82) is 0 Å². The first-order valence-electron chi connectivity index (χ1n) is 8.64. The van der Waals surface area contributed by atoms with E-state index in [9.17, 15) is 14.4 Å². The largest absolute Gasteiger partial charge is 0.339 e. The summed E-state index contributed by atoms with van der Waals surface area (Å²) >= 11 is 0. The molecule has 2 aromatic rings. The van der Waals surface area contributed by atoms with Crippen molar-refractivity contribution >= 4 is 23.4 Å². The molecule has 0 bridgehead atoms. The minimum absolute atomic E-state index is 0. The maximum atomic E-state index is 12.2. The van der Waals surface area contributed by atoms with Crippen molar-refractivity contribution < 1.29 is 19.6 Å². The van der Waals surface area contributed by atoms with Crippen LogP contribution in [0.5, 0.6) is 0 Å². The Morgan fingerprint density at radius 1 is 1.00 bits per heavy atom. The Balaban J connectivity index is 0.00000450. The molecule has 0 fully saturated rings. The van der Waals surface area contributed by atoms with Crippen LogP contribution in [0.25, 0.3) is 0 Å². The van der Waals surface area contributed by atoms with Crippen molar-refractivity contribution in [1.82, 2.24) is 10.8 Å². The van der Waals surface area contributed by atoms with Gasteiger partial charge in [-0.25, -0.2) is 5.48 Å². The van der Waals surface area contributed by atoms with Crippen molar-refractivity contribution in [2.75, 3.05) is 18.4 Å². The van der Waals surface area contributed by atoms with Crippen molar-refractivity contribution in [3.8, 4) is 11.8 Å². The topological polar surface area (TPSA) is 160 Å². The highest BCUT2D eigenvalue weighted by molar-refractivity contribution is 5.97. The molecule has 0 aliphatic carbocycles. The molecular weight excluding hydrogens is 386 g/mol. The van der Waals surface area contributed by atoms with Gasteiger partial charge in [-0.15, -0.1) is 0 Å². The summed E-state index contributed by atoms with van der Waals surface area (Å²) in [6.07, 6.45) is 0. The smallest absolute Gasteiger partial charge is 0.267 e. The molecule has 2 rings (SSSR count). The number of para-hydroxylation sites is 1. The first-order chi connectivity index (χ1) is 14.0. The van der Waals surface area contributed by atoms with Crippen LogP contribution >= 0.6 is 0 Å². The van der Waals surface area contributed by atoms with E-state index in [0.29, 0.717) is 22.4 Å². The Bertz CT molecular complexity index is 948. The van der Waals surface area contributed by atoms with Crippen LogP contribution in [-0.4, -0.2) is 42.1 Å². The van der Waals surface area contributed by atoms with Gasteiger partial charge >= 0.3 is 0 Å². The van der Waals surface area contributed by atoms with Gasteiger partial charge in [-0.2, -0.15) is 0 Å². The van der Waals surface area contributed by atoms with Gasteiger partial charge in [0.25, 0.3) is 11.8 Å². The Labute approximate surface area is 174 Å². The first kappa shape index (κ1) is 24.3. The molecule has 8 N–H and O–H groups in total. The zero-order chi connectivity index (χ0) is 21.2. The number of carbonyl (C=O) groups is 3. The highest BCUT2D eigenvalue weighted by Crippen LogP contribution is 2.14. The van der Waals surface area contributed by atoms with Gasteiger partial charge in [0.05, 0.1) is 12.2 Å². The second kappa shape index (κ2) is 12.0. The van der Waals surface area contributed by atoms with Gasteiger partial charge < -0.3 is 22.1 Å². The SMILES string of the molecule is C.NCC(=O)Nc1ccccc1C#Cc1ccc(C(=O)N[C@@H](CN)C(=O)NO)cc1. The molecule has 158 valence electrons. The lowest BCUT2D eigenvalue weighted by atomic mass is 10.1. The molecule has 0 heterocycles. The van der Waals surface area contributed by atoms with Crippen molar-refractivity contribution in [3.05, 3.63) is 65.2 Å². The summed E-state index contributed by atoms with van der Waals surface area (Å²) in [5.74, 6) is 4.29. The van der Waals surface area contributed by atoms with Crippen molar-refractivity contribution in [2.45, 2.75) is 13.5 Å². The van der Waals surface area contributed by atoms with E-state index in [1.54, 1.807) is 48.5 Å². The maximum absolute atomic E-state index is 12.2. The predicted molar refractivity (Wildman–Crippen MR) is 114 cm³/mol. The Kier molecular flexibility index (Phi) is 9.72. The summed E-state index contributed by atoms with van der Waals surface area (Å²) in [5, 5.41) is 13.7. The fraction of sp³-hybridized carbons (Fsp3) is 0.190. The zero-order valence-corrected chi connectivity index (χ0v) is 15.4. The van der Waals surface area contributed by atoms with E-state index in [-0.39, 0.29) is 26.4 Å². The summed E-state index contributed by atoms with van der Waals surface area (Å²) in [7, 11) is 0. The van der Waals surface area contributed by atoms with E-state index in [4.69, 9.17) is 16.7 Å². The number of hydroxylamine groups is 1. The highest BCUT2D eigenvalue weighted by atomic mass is 16.5. The molecule has 0 saturated carbocycles. The molecule has 30 heavy (non-hydrogen) atoms. The third kappa shape index (κ3) is 6.72. The molecule has 1 atom stereocenters. The van der Waals surface area contributed by atoms with Gasteiger partial charge in [0, 0.05) is 23.2 Å². The van der Waals surface area contributed by atoms with Gasteiger partial charge in [-0.3, -0.25) is 19.6 Å².